The van der Waals surface area contributed by atoms with E-state index >= 15 is 0 Å². The molecule has 0 bridgehead atoms. The Morgan fingerprint density at radius 2 is 1.77 bits per heavy atom. The normalized spacial score (nSPS) is 30.5. The first kappa shape index (κ1) is 12.5. The number of hydrogen-bond acceptors (Lipinski definition) is 2. The fourth-order valence-corrected chi connectivity index (χ4v) is 2.46. The maximum absolute atomic E-state index is 6.04. The molecule has 1 fully saturated rings. The largest absolute Gasteiger partial charge is 0.306 e. The quantitative estimate of drug-likeness (QED) is 0.544. The van der Waals surface area contributed by atoms with Crippen LogP contribution in [0.1, 0.15) is 25.7 Å². The average Bonchev–Trinajstić information content (AvgIpc) is 2.01. The molecule has 78 valence electrons. The molecule has 1 saturated carbocycles. The van der Waals surface area contributed by atoms with E-state index in [-0.39, 0.29) is 11.5 Å². The first-order valence-electron chi connectivity index (χ1n) is 4.04. The number of alkyl halides is 4. The summed E-state index contributed by atoms with van der Waals surface area (Å²) in [5, 5.41) is 0.0496. The fourth-order valence-electron chi connectivity index (χ4n) is 1.28. The lowest BCUT2D eigenvalue weighted by Gasteiger charge is -2.27. The van der Waals surface area contributed by atoms with E-state index in [1.54, 1.807) is 0 Å². The van der Waals surface area contributed by atoms with Gasteiger partial charge in [0.2, 0.25) is 0 Å². The molecule has 0 N–H and O–H groups in total. The summed E-state index contributed by atoms with van der Waals surface area (Å²) in [6.07, 6.45) is 4.23. The Morgan fingerprint density at radius 1 is 1.15 bits per heavy atom. The van der Waals surface area contributed by atoms with Gasteiger partial charge in [-0.2, -0.15) is 0 Å². The minimum absolute atomic E-state index is 0.0102. The second kappa shape index (κ2) is 5.53. The van der Waals surface area contributed by atoms with Crippen LogP contribution < -0.4 is 0 Å². The average molecular weight is 284 g/mol. The zero-order valence-electron chi connectivity index (χ0n) is 6.81. The van der Waals surface area contributed by atoms with Gasteiger partial charge < -0.3 is 4.18 Å². The molecule has 1 aliphatic rings. The van der Waals surface area contributed by atoms with E-state index < -0.39 is 3.12 Å². The minimum atomic E-state index is -1.41. The van der Waals surface area contributed by atoms with Gasteiger partial charge in [0, 0.05) is 12.0 Å². The van der Waals surface area contributed by atoms with E-state index in [9.17, 15) is 0 Å². The van der Waals surface area contributed by atoms with Crippen LogP contribution in [0.2, 0.25) is 0 Å². The smallest absolute Gasteiger partial charge is 0.262 e. The molecule has 6 heteroatoms. The van der Waals surface area contributed by atoms with Gasteiger partial charge >= 0.3 is 0 Å². The number of halogens is 4. The molecular weight excluding hydrogens is 274 g/mol. The zero-order valence-corrected chi connectivity index (χ0v) is 10.7. The summed E-state index contributed by atoms with van der Waals surface area (Å²) in [5.74, 6) is 0. The molecule has 2 atom stereocenters. The van der Waals surface area contributed by atoms with Gasteiger partial charge in [-0.25, -0.2) is 0 Å². The van der Waals surface area contributed by atoms with Crippen LogP contribution in [0.25, 0.3) is 0 Å². The maximum atomic E-state index is 6.04. The molecule has 0 saturated heterocycles. The molecule has 1 rings (SSSR count). The van der Waals surface area contributed by atoms with Gasteiger partial charge in [0.25, 0.3) is 3.12 Å². The van der Waals surface area contributed by atoms with Crippen molar-refractivity contribution in [1.29, 1.82) is 0 Å². The summed E-state index contributed by atoms with van der Waals surface area (Å²) in [6.45, 7) is 0. The second-order valence-electron chi connectivity index (χ2n) is 2.96. The summed E-state index contributed by atoms with van der Waals surface area (Å²) >= 11 is 23.5. The zero-order chi connectivity index (χ0) is 9.90. The summed E-state index contributed by atoms with van der Waals surface area (Å²) < 4.78 is 3.94. The van der Waals surface area contributed by atoms with E-state index in [1.807, 2.05) is 0 Å². The molecule has 1 nitrogen and oxygen atoms in total. The van der Waals surface area contributed by atoms with Crippen LogP contribution in [0, 0.1) is 0 Å². The van der Waals surface area contributed by atoms with Crippen molar-refractivity contribution < 1.29 is 4.18 Å². The third-order valence-electron chi connectivity index (χ3n) is 1.89. The van der Waals surface area contributed by atoms with E-state index in [0.717, 1.165) is 37.7 Å². The van der Waals surface area contributed by atoms with Crippen LogP contribution in [0.15, 0.2) is 0 Å². The van der Waals surface area contributed by atoms with E-state index in [0.29, 0.717) is 0 Å². The van der Waals surface area contributed by atoms with Gasteiger partial charge in [-0.05, 0) is 12.8 Å². The predicted octanol–water partition coefficient (Wildman–Crippen LogP) is 4.53. The summed E-state index contributed by atoms with van der Waals surface area (Å²) in [5.41, 5.74) is 0. The summed E-state index contributed by atoms with van der Waals surface area (Å²) in [4.78, 5) is 0. The highest BCUT2D eigenvalue weighted by atomic mass is 35.6. The van der Waals surface area contributed by atoms with Crippen molar-refractivity contribution in [2.75, 3.05) is 0 Å². The molecule has 2 unspecified atom stereocenters. The predicted molar refractivity (Wildman–Crippen MR) is 60.9 cm³/mol. The third-order valence-corrected chi connectivity index (χ3v) is 3.49. The molecule has 0 amide bonds. The van der Waals surface area contributed by atoms with Crippen LogP contribution in [-0.4, -0.2) is 14.6 Å². The Morgan fingerprint density at radius 3 is 2.31 bits per heavy atom. The second-order valence-corrected chi connectivity index (χ2v) is 7.45. The van der Waals surface area contributed by atoms with Gasteiger partial charge in [-0.1, -0.05) is 47.6 Å². The Bertz CT molecular complexity index is 161. The van der Waals surface area contributed by atoms with Gasteiger partial charge in [-0.15, -0.1) is 11.6 Å². The van der Waals surface area contributed by atoms with E-state index in [2.05, 4.69) is 0 Å². The van der Waals surface area contributed by atoms with Crippen molar-refractivity contribution in [3.8, 4) is 0 Å². The van der Waals surface area contributed by atoms with Crippen LogP contribution in [0.3, 0.4) is 0 Å². The molecule has 0 aromatic carbocycles. The van der Waals surface area contributed by atoms with Gasteiger partial charge in [-0.3, -0.25) is 0 Å². The molecule has 0 radical (unpaired) electrons. The van der Waals surface area contributed by atoms with Crippen molar-refractivity contribution in [2.45, 2.75) is 40.3 Å². The summed E-state index contributed by atoms with van der Waals surface area (Å²) in [7, 11) is 0. The van der Waals surface area contributed by atoms with Crippen LogP contribution in [-0.2, 0) is 4.18 Å². The molecule has 0 spiro atoms. The van der Waals surface area contributed by atoms with Crippen molar-refractivity contribution in [2.24, 2.45) is 0 Å². The first-order chi connectivity index (χ1) is 5.99. The lowest BCUT2D eigenvalue weighted by atomic mass is 9.97. The summed E-state index contributed by atoms with van der Waals surface area (Å²) in [6, 6.07) is 0. The minimum Gasteiger partial charge on any atom is -0.306 e. The number of hydrogen-bond donors (Lipinski definition) is 0. The maximum Gasteiger partial charge on any atom is 0.262 e. The third kappa shape index (κ3) is 5.19. The SMILES string of the molecule is ClC1CCCCC1OSC(Cl)(Cl)Cl. The van der Waals surface area contributed by atoms with Crippen molar-refractivity contribution >= 4 is 58.4 Å². The molecule has 0 aliphatic heterocycles. The Kier molecular flexibility index (Phi) is 5.33. The van der Waals surface area contributed by atoms with Crippen LogP contribution in [0.5, 0.6) is 0 Å². The van der Waals surface area contributed by atoms with E-state index in [1.165, 1.54) is 0 Å². The van der Waals surface area contributed by atoms with E-state index in [4.69, 9.17) is 50.6 Å². The van der Waals surface area contributed by atoms with Crippen molar-refractivity contribution in [3.63, 3.8) is 0 Å². The highest BCUT2D eigenvalue weighted by molar-refractivity contribution is 8.00. The van der Waals surface area contributed by atoms with Crippen LogP contribution >= 0.6 is 58.4 Å². The Labute approximate surface area is 103 Å². The molecule has 0 aromatic heterocycles. The van der Waals surface area contributed by atoms with Crippen molar-refractivity contribution in [1.82, 2.24) is 0 Å². The van der Waals surface area contributed by atoms with Gasteiger partial charge in [0.1, 0.15) is 0 Å². The fraction of sp³-hybridized carbons (Fsp3) is 1.00. The molecule has 0 heterocycles. The monoisotopic (exact) mass is 282 g/mol. The molecule has 1 aliphatic carbocycles. The van der Waals surface area contributed by atoms with Gasteiger partial charge in [0.15, 0.2) is 0 Å². The topological polar surface area (TPSA) is 9.23 Å². The first-order valence-corrected chi connectivity index (χ1v) is 6.35. The highest BCUT2D eigenvalue weighted by Crippen LogP contribution is 2.42. The highest BCUT2D eigenvalue weighted by Gasteiger charge is 2.29. The molecular formula is C7H10Cl4OS. The standard InChI is InChI=1S/C7H10Cl4OS/c8-5-3-1-2-4-6(5)12-13-7(9,10)11/h5-6H,1-4H2. The lowest BCUT2D eigenvalue weighted by Crippen LogP contribution is -2.26. The molecule has 0 aromatic rings. The van der Waals surface area contributed by atoms with Gasteiger partial charge in [0.05, 0.1) is 11.5 Å². The number of rotatable bonds is 2. The van der Waals surface area contributed by atoms with Crippen molar-refractivity contribution in [3.05, 3.63) is 0 Å². The molecule has 13 heavy (non-hydrogen) atoms. The Balaban J connectivity index is 2.27. The lowest BCUT2D eigenvalue weighted by molar-refractivity contribution is 0.190. The Hall–Kier alpha value is 1.47. The van der Waals surface area contributed by atoms with Crippen LogP contribution in [0.4, 0.5) is 0 Å².